The minimum absolute atomic E-state index is 0.596. The lowest BCUT2D eigenvalue weighted by molar-refractivity contribution is 0.306. The van der Waals surface area contributed by atoms with E-state index >= 15 is 0 Å². The van der Waals surface area contributed by atoms with Crippen molar-refractivity contribution in [2.24, 2.45) is 5.73 Å². The molecular weight excluding hydrogens is 256 g/mol. The second-order valence-electron chi connectivity index (χ2n) is 4.68. The van der Waals surface area contributed by atoms with Crippen LogP contribution < -0.4 is 15.4 Å². The molecule has 0 spiro atoms. The summed E-state index contributed by atoms with van der Waals surface area (Å²) >= 11 is 1.74. The SMILES string of the molecule is Cc1sc(CN)cc1COc1cccc(N(C)C)c1. The smallest absolute Gasteiger partial charge is 0.121 e. The third kappa shape index (κ3) is 3.49. The van der Waals surface area contributed by atoms with Gasteiger partial charge in [-0.3, -0.25) is 0 Å². The fourth-order valence-corrected chi connectivity index (χ4v) is 2.77. The molecule has 0 aliphatic carbocycles. The van der Waals surface area contributed by atoms with Gasteiger partial charge in [0.2, 0.25) is 0 Å². The highest BCUT2D eigenvalue weighted by atomic mass is 32.1. The van der Waals surface area contributed by atoms with E-state index in [4.69, 9.17) is 10.5 Å². The van der Waals surface area contributed by atoms with E-state index < -0.39 is 0 Å². The van der Waals surface area contributed by atoms with Crippen molar-refractivity contribution < 1.29 is 4.74 Å². The first-order chi connectivity index (χ1) is 9.10. The Hall–Kier alpha value is -1.52. The highest BCUT2D eigenvalue weighted by Crippen LogP contribution is 2.24. The third-order valence-corrected chi connectivity index (χ3v) is 4.12. The van der Waals surface area contributed by atoms with Crippen molar-refractivity contribution in [3.63, 3.8) is 0 Å². The maximum Gasteiger partial charge on any atom is 0.121 e. The van der Waals surface area contributed by atoms with Gasteiger partial charge in [-0.15, -0.1) is 11.3 Å². The first-order valence-electron chi connectivity index (χ1n) is 6.28. The Balaban J connectivity index is 2.05. The van der Waals surface area contributed by atoms with Crippen LogP contribution in [0.3, 0.4) is 0 Å². The van der Waals surface area contributed by atoms with Crippen molar-refractivity contribution in [2.45, 2.75) is 20.1 Å². The van der Waals surface area contributed by atoms with E-state index in [1.54, 1.807) is 11.3 Å². The van der Waals surface area contributed by atoms with Crippen LogP contribution in [0.2, 0.25) is 0 Å². The molecule has 0 fully saturated rings. The van der Waals surface area contributed by atoms with Crippen molar-refractivity contribution in [3.05, 3.63) is 45.6 Å². The monoisotopic (exact) mass is 276 g/mol. The van der Waals surface area contributed by atoms with E-state index in [-0.39, 0.29) is 0 Å². The zero-order chi connectivity index (χ0) is 13.8. The molecular formula is C15H20N2OS. The molecule has 19 heavy (non-hydrogen) atoms. The van der Waals surface area contributed by atoms with Gasteiger partial charge in [0.15, 0.2) is 0 Å². The molecule has 102 valence electrons. The molecule has 4 heteroatoms. The van der Waals surface area contributed by atoms with Gasteiger partial charge in [0.1, 0.15) is 12.4 Å². The molecule has 0 radical (unpaired) electrons. The van der Waals surface area contributed by atoms with Crippen molar-refractivity contribution >= 4 is 17.0 Å². The van der Waals surface area contributed by atoms with Gasteiger partial charge in [-0.05, 0) is 25.1 Å². The number of ether oxygens (including phenoxy) is 1. The van der Waals surface area contributed by atoms with Gasteiger partial charge in [0, 0.05) is 47.7 Å². The predicted molar refractivity (Wildman–Crippen MR) is 82.0 cm³/mol. The molecule has 0 saturated carbocycles. The second kappa shape index (κ2) is 6.08. The van der Waals surface area contributed by atoms with Crippen molar-refractivity contribution in [1.82, 2.24) is 0 Å². The summed E-state index contributed by atoms with van der Waals surface area (Å²) in [5.74, 6) is 0.895. The van der Waals surface area contributed by atoms with E-state index in [0.717, 1.165) is 11.4 Å². The van der Waals surface area contributed by atoms with Crippen molar-refractivity contribution in [3.8, 4) is 5.75 Å². The Morgan fingerprint density at radius 1 is 1.26 bits per heavy atom. The molecule has 2 rings (SSSR count). The molecule has 0 saturated heterocycles. The van der Waals surface area contributed by atoms with Crippen molar-refractivity contribution in [2.75, 3.05) is 19.0 Å². The minimum atomic E-state index is 0.596. The molecule has 2 aromatic rings. The fraction of sp³-hybridized carbons (Fsp3) is 0.333. The lowest BCUT2D eigenvalue weighted by Crippen LogP contribution is -2.08. The number of hydrogen-bond donors (Lipinski definition) is 1. The summed E-state index contributed by atoms with van der Waals surface area (Å²) in [6.45, 7) is 3.31. The van der Waals surface area contributed by atoms with E-state index in [0.29, 0.717) is 13.2 Å². The van der Waals surface area contributed by atoms with E-state index in [2.05, 4.69) is 24.0 Å². The Kier molecular flexibility index (Phi) is 4.45. The number of benzene rings is 1. The molecule has 0 bridgehead atoms. The van der Waals surface area contributed by atoms with E-state index in [9.17, 15) is 0 Å². The summed E-state index contributed by atoms with van der Waals surface area (Å²) in [7, 11) is 4.05. The number of hydrogen-bond acceptors (Lipinski definition) is 4. The van der Waals surface area contributed by atoms with Gasteiger partial charge in [0.25, 0.3) is 0 Å². The Labute approximate surface area is 118 Å². The molecule has 0 unspecified atom stereocenters. The maximum atomic E-state index is 5.86. The van der Waals surface area contributed by atoms with Gasteiger partial charge < -0.3 is 15.4 Å². The number of nitrogens with two attached hydrogens (primary N) is 1. The molecule has 2 N–H and O–H groups in total. The number of thiophene rings is 1. The summed E-state index contributed by atoms with van der Waals surface area (Å²) in [5.41, 5.74) is 8.02. The Morgan fingerprint density at radius 2 is 2.05 bits per heavy atom. The average Bonchev–Trinajstić information content (AvgIpc) is 2.77. The number of rotatable bonds is 5. The quantitative estimate of drug-likeness (QED) is 0.911. The van der Waals surface area contributed by atoms with E-state index in [1.165, 1.54) is 15.3 Å². The highest BCUT2D eigenvalue weighted by Gasteiger charge is 2.06. The van der Waals surface area contributed by atoms with Crippen LogP contribution in [0, 0.1) is 6.92 Å². The second-order valence-corrected chi connectivity index (χ2v) is 6.02. The summed E-state index contributed by atoms with van der Waals surface area (Å²) in [6, 6.07) is 10.2. The van der Waals surface area contributed by atoms with Crippen LogP contribution in [-0.4, -0.2) is 14.1 Å². The molecule has 0 amide bonds. The lowest BCUT2D eigenvalue weighted by atomic mass is 10.2. The van der Waals surface area contributed by atoms with Gasteiger partial charge in [-0.1, -0.05) is 6.07 Å². The van der Waals surface area contributed by atoms with Crippen LogP contribution >= 0.6 is 11.3 Å². The minimum Gasteiger partial charge on any atom is -0.489 e. The van der Waals surface area contributed by atoms with Crippen LogP contribution in [0.4, 0.5) is 5.69 Å². The van der Waals surface area contributed by atoms with Crippen LogP contribution in [0.5, 0.6) is 5.75 Å². The predicted octanol–water partition coefficient (Wildman–Crippen LogP) is 3.16. The van der Waals surface area contributed by atoms with Gasteiger partial charge in [-0.2, -0.15) is 0 Å². The topological polar surface area (TPSA) is 38.5 Å². The van der Waals surface area contributed by atoms with Crippen LogP contribution in [-0.2, 0) is 13.2 Å². The molecule has 0 atom stereocenters. The van der Waals surface area contributed by atoms with Gasteiger partial charge in [0.05, 0.1) is 0 Å². The Morgan fingerprint density at radius 3 is 2.68 bits per heavy atom. The summed E-state index contributed by atoms with van der Waals surface area (Å²) in [6.07, 6.45) is 0. The summed E-state index contributed by atoms with van der Waals surface area (Å²) < 4.78 is 5.86. The lowest BCUT2D eigenvalue weighted by Gasteiger charge is -2.14. The molecule has 0 aliphatic heterocycles. The zero-order valence-electron chi connectivity index (χ0n) is 11.6. The highest BCUT2D eigenvalue weighted by molar-refractivity contribution is 7.12. The number of aryl methyl sites for hydroxylation is 1. The summed E-state index contributed by atoms with van der Waals surface area (Å²) in [5, 5.41) is 0. The molecule has 1 aromatic carbocycles. The summed E-state index contributed by atoms with van der Waals surface area (Å²) in [4.78, 5) is 4.55. The van der Waals surface area contributed by atoms with Crippen LogP contribution in [0.1, 0.15) is 15.3 Å². The maximum absolute atomic E-state index is 5.86. The standard InChI is InChI=1S/C15H20N2OS/c1-11-12(7-15(9-16)19-11)10-18-14-6-4-5-13(8-14)17(2)3/h4-8H,9-10,16H2,1-3H3. The zero-order valence-corrected chi connectivity index (χ0v) is 12.5. The largest absolute Gasteiger partial charge is 0.489 e. The number of anilines is 1. The van der Waals surface area contributed by atoms with Crippen molar-refractivity contribution in [1.29, 1.82) is 0 Å². The van der Waals surface area contributed by atoms with Crippen LogP contribution in [0.15, 0.2) is 30.3 Å². The fourth-order valence-electron chi connectivity index (χ4n) is 1.84. The molecule has 3 nitrogen and oxygen atoms in total. The Bertz CT molecular complexity index is 549. The molecule has 0 aliphatic rings. The third-order valence-electron chi connectivity index (χ3n) is 3.00. The van der Waals surface area contributed by atoms with Gasteiger partial charge >= 0.3 is 0 Å². The normalized spacial score (nSPS) is 10.5. The van der Waals surface area contributed by atoms with Gasteiger partial charge in [-0.25, -0.2) is 0 Å². The number of nitrogens with zero attached hydrogens (tertiary/aromatic N) is 1. The first kappa shape index (κ1) is 13.9. The average molecular weight is 276 g/mol. The molecule has 1 heterocycles. The van der Waals surface area contributed by atoms with E-state index in [1.807, 2.05) is 32.3 Å². The van der Waals surface area contributed by atoms with Crippen LogP contribution in [0.25, 0.3) is 0 Å². The molecule has 1 aromatic heterocycles. The first-order valence-corrected chi connectivity index (χ1v) is 7.10.